The number of benzene rings is 1. The number of nitrogens with one attached hydrogen (secondary N) is 2. The molecule has 2 heterocycles. The number of phenols is 1. The number of hydrogen-bond donors (Lipinski definition) is 3. The van der Waals surface area contributed by atoms with Gasteiger partial charge in [0.05, 0.1) is 5.56 Å². The van der Waals surface area contributed by atoms with Crippen molar-refractivity contribution in [3.63, 3.8) is 0 Å². The lowest BCUT2D eigenvalue weighted by Gasteiger charge is -2.12. The van der Waals surface area contributed by atoms with Crippen LogP contribution in [0.5, 0.6) is 5.75 Å². The smallest absolute Gasteiger partial charge is 0.271 e. The zero-order valence-corrected chi connectivity index (χ0v) is 17.4. The van der Waals surface area contributed by atoms with E-state index in [0.717, 1.165) is 22.7 Å². The standard InChI is InChI=1S/C19H20N4O4S2/c1-23(2)17-8-5-13(11-20-17)12-21-19(25)15-10-14(6-7-16(15)24)22-29(26,27)18-4-3-9-28-18/h3-11,22,24H,12H2,1-2H3,(H,21,25). The van der Waals surface area contributed by atoms with E-state index in [1.54, 1.807) is 17.6 Å². The van der Waals surface area contributed by atoms with Crippen LogP contribution >= 0.6 is 11.3 Å². The van der Waals surface area contributed by atoms with Gasteiger partial charge in [0, 0.05) is 32.5 Å². The summed E-state index contributed by atoms with van der Waals surface area (Å²) in [5.41, 5.74) is 0.936. The topological polar surface area (TPSA) is 112 Å². The van der Waals surface area contributed by atoms with E-state index >= 15 is 0 Å². The van der Waals surface area contributed by atoms with Crippen LogP contribution in [-0.2, 0) is 16.6 Å². The first-order valence-corrected chi connectivity index (χ1v) is 10.9. The quantitative estimate of drug-likeness (QED) is 0.495. The number of hydrogen-bond acceptors (Lipinski definition) is 7. The molecule has 0 spiro atoms. The third kappa shape index (κ3) is 5.04. The first-order valence-electron chi connectivity index (χ1n) is 8.56. The maximum atomic E-state index is 12.5. The largest absolute Gasteiger partial charge is 0.507 e. The van der Waals surface area contributed by atoms with Crippen molar-refractivity contribution in [3.8, 4) is 5.75 Å². The molecule has 0 aliphatic heterocycles. The van der Waals surface area contributed by atoms with Crippen molar-refractivity contribution in [2.24, 2.45) is 0 Å². The predicted molar refractivity (Wildman–Crippen MR) is 113 cm³/mol. The van der Waals surface area contributed by atoms with Crippen LogP contribution in [0.1, 0.15) is 15.9 Å². The number of phenolic OH excluding ortho intramolecular Hbond substituents is 1. The van der Waals surface area contributed by atoms with Gasteiger partial charge in [-0.05, 0) is 41.3 Å². The van der Waals surface area contributed by atoms with E-state index in [2.05, 4.69) is 15.0 Å². The molecule has 1 aromatic carbocycles. The second kappa shape index (κ2) is 8.50. The van der Waals surface area contributed by atoms with Crippen LogP contribution in [-0.4, -0.2) is 38.5 Å². The molecular weight excluding hydrogens is 412 g/mol. The molecule has 29 heavy (non-hydrogen) atoms. The summed E-state index contributed by atoms with van der Waals surface area (Å²) >= 11 is 1.08. The molecule has 1 amide bonds. The van der Waals surface area contributed by atoms with E-state index < -0.39 is 15.9 Å². The summed E-state index contributed by atoms with van der Waals surface area (Å²) in [6.07, 6.45) is 1.65. The SMILES string of the molecule is CN(C)c1ccc(CNC(=O)c2cc(NS(=O)(=O)c3cccs3)ccc2O)cn1. The van der Waals surface area contributed by atoms with Crippen molar-refractivity contribution in [1.29, 1.82) is 0 Å². The van der Waals surface area contributed by atoms with Crippen LogP contribution in [0, 0.1) is 0 Å². The minimum atomic E-state index is -3.75. The predicted octanol–water partition coefficient (Wildman–Crippen LogP) is 2.65. The van der Waals surface area contributed by atoms with Crippen LogP contribution in [0.4, 0.5) is 11.5 Å². The zero-order valence-electron chi connectivity index (χ0n) is 15.8. The van der Waals surface area contributed by atoms with Gasteiger partial charge in [0.2, 0.25) is 0 Å². The van der Waals surface area contributed by atoms with Crippen molar-refractivity contribution < 1.29 is 18.3 Å². The van der Waals surface area contributed by atoms with Gasteiger partial charge in [0.1, 0.15) is 15.8 Å². The van der Waals surface area contributed by atoms with E-state index in [4.69, 9.17) is 0 Å². The minimum absolute atomic E-state index is 0.0331. The van der Waals surface area contributed by atoms with Crippen molar-refractivity contribution in [2.75, 3.05) is 23.7 Å². The van der Waals surface area contributed by atoms with Gasteiger partial charge < -0.3 is 15.3 Å². The molecule has 8 nitrogen and oxygen atoms in total. The Hall–Kier alpha value is -3.11. The van der Waals surface area contributed by atoms with E-state index in [9.17, 15) is 18.3 Å². The van der Waals surface area contributed by atoms with E-state index in [1.807, 2.05) is 31.1 Å². The van der Waals surface area contributed by atoms with Crippen molar-refractivity contribution >= 4 is 38.8 Å². The maximum absolute atomic E-state index is 12.5. The van der Waals surface area contributed by atoms with Crippen LogP contribution in [0.25, 0.3) is 0 Å². The highest BCUT2D eigenvalue weighted by molar-refractivity contribution is 7.94. The van der Waals surface area contributed by atoms with Gasteiger partial charge in [-0.1, -0.05) is 12.1 Å². The third-order valence-corrected chi connectivity index (χ3v) is 6.75. The maximum Gasteiger partial charge on any atom is 0.271 e. The monoisotopic (exact) mass is 432 g/mol. The van der Waals surface area contributed by atoms with E-state index in [-0.39, 0.29) is 27.8 Å². The van der Waals surface area contributed by atoms with Crippen LogP contribution in [0.15, 0.2) is 58.3 Å². The molecule has 2 aromatic heterocycles. The Labute approximate surface area is 172 Å². The molecule has 0 fully saturated rings. The average molecular weight is 433 g/mol. The Kier molecular flexibility index (Phi) is 6.04. The number of aromatic hydroxyl groups is 1. The summed E-state index contributed by atoms with van der Waals surface area (Å²) in [6, 6.07) is 10.7. The third-order valence-electron chi connectivity index (χ3n) is 3.97. The minimum Gasteiger partial charge on any atom is -0.507 e. The summed E-state index contributed by atoms with van der Waals surface area (Å²) in [5, 5.41) is 14.4. The molecule has 0 unspecified atom stereocenters. The van der Waals surface area contributed by atoms with E-state index in [0.29, 0.717) is 0 Å². The lowest BCUT2D eigenvalue weighted by atomic mass is 10.1. The molecule has 3 N–H and O–H groups in total. The fourth-order valence-corrected chi connectivity index (χ4v) is 4.51. The zero-order chi connectivity index (χ0) is 21.0. The fraction of sp³-hybridized carbons (Fsp3) is 0.158. The molecule has 0 saturated heterocycles. The second-order valence-electron chi connectivity index (χ2n) is 6.37. The molecule has 0 saturated carbocycles. The molecule has 0 bridgehead atoms. The number of nitrogens with zero attached hydrogens (tertiary/aromatic N) is 2. The van der Waals surface area contributed by atoms with Crippen molar-refractivity contribution in [2.45, 2.75) is 10.8 Å². The van der Waals surface area contributed by atoms with Crippen LogP contribution in [0.3, 0.4) is 0 Å². The molecule has 0 aliphatic carbocycles. The molecular formula is C19H20N4O4S2. The lowest BCUT2D eigenvalue weighted by molar-refractivity contribution is 0.0948. The van der Waals surface area contributed by atoms with Gasteiger partial charge >= 0.3 is 0 Å². The number of aromatic nitrogens is 1. The Morgan fingerprint density at radius 1 is 1.21 bits per heavy atom. The average Bonchev–Trinajstić information content (AvgIpc) is 3.23. The highest BCUT2D eigenvalue weighted by atomic mass is 32.2. The van der Waals surface area contributed by atoms with Gasteiger partial charge in [-0.15, -0.1) is 11.3 Å². The van der Waals surface area contributed by atoms with Gasteiger partial charge in [-0.3, -0.25) is 9.52 Å². The molecule has 0 radical (unpaired) electrons. The number of carbonyl (C=O) groups is 1. The van der Waals surface area contributed by atoms with Gasteiger partial charge in [0.25, 0.3) is 15.9 Å². The lowest BCUT2D eigenvalue weighted by Crippen LogP contribution is -2.23. The summed E-state index contributed by atoms with van der Waals surface area (Å²) in [7, 11) is 0.0136. The Bertz CT molecular complexity index is 1100. The van der Waals surface area contributed by atoms with Crippen LogP contribution < -0.4 is 14.9 Å². The second-order valence-corrected chi connectivity index (χ2v) is 9.23. The Morgan fingerprint density at radius 3 is 2.62 bits per heavy atom. The Balaban J connectivity index is 1.71. The van der Waals surface area contributed by atoms with Crippen molar-refractivity contribution in [1.82, 2.24) is 10.3 Å². The summed E-state index contributed by atoms with van der Waals surface area (Å²) in [6.45, 7) is 0.212. The number of pyridine rings is 1. The highest BCUT2D eigenvalue weighted by Gasteiger charge is 2.18. The van der Waals surface area contributed by atoms with Gasteiger partial charge in [-0.25, -0.2) is 13.4 Å². The molecule has 152 valence electrons. The summed E-state index contributed by atoms with van der Waals surface area (Å²) < 4.78 is 27.2. The molecule has 0 aliphatic rings. The highest BCUT2D eigenvalue weighted by Crippen LogP contribution is 2.25. The number of sulfonamides is 1. The molecule has 10 heteroatoms. The number of anilines is 2. The molecule has 3 aromatic rings. The number of thiophene rings is 1. The van der Waals surface area contributed by atoms with Gasteiger partial charge in [-0.2, -0.15) is 0 Å². The van der Waals surface area contributed by atoms with Gasteiger partial charge in [0.15, 0.2) is 0 Å². The first-order chi connectivity index (χ1) is 13.8. The fourth-order valence-electron chi connectivity index (χ4n) is 2.47. The number of carbonyl (C=O) groups excluding carboxylic acids is 1. The molecule has 0 atom stereocenters. The van der Waals surface area contributed by atoms with E-state index in [1.165, 1.54) is 24.3 Å². The first kappa shape index (κ1) is 20.6. The number of amides is 1. The molecule has 3 rings (SSSR count). The normalized spacial score (nSPS) is 11.1. The number of rotatable bonds is 7. The van der Waals surface area contributed by atoms with Crippen LogP contribution in [0.2, 0.25) is 0 Å². The summed E-state index contributed by atoms with van der Waals surface area (Å²) in [4.78, 5) is 18.6. The summed E-state index contributed by atoms with van der Waals surface area (Å²) in [5.74, 6) is 0.0162. The Morgan fingerprint density at radius 2 is 2.00 bits per heavy atom. The van der Waals surface area contributed by atoms with Crippen molar-refractivity contribution in [3.05, 3.63) is 65.2 Å².